The van der Waals surface area contributed by atoms with Gasteiger partial charge in [0.15, 0.2) is 0 Å². The fraction of sp³-hybridized carbons (Fsp3) is 0. The second-order valence-electron chi connectivity index (χ2n) is 9.09. The molecule has 5 aromatic carbocycles. The Hall–Kier alpha value is -4.14. The fourth-order valence-electron chi connectivity index (χ4n) is 5.56. The lowest BCUT2D eigenvalue weighted by atomic mass is 9.92. The third-order valence-corrected chi connectivity index (χ3v) is 7.51. The predicted molar refractivity (Wildman–Crippen MR) is 156 cm³/mol. The summed E-state index contributed by atoms with van der Waals surface area (Å²) >= 11 is 3.76. The predicted octanol–water partition coefficient (Wildman–Crippen LogP) is 10.0. The lowest BCUT2D eigenvalue weighted by Gasteiger charge is -2.19. The first-order valence-corrected chi connectivity index (χ1v) is 13.0. The number of fused-ring (bicyclic) bond motifs is 5. The van der Waals surface area contributed by atoms with Gasteiger partial charge < -0.3 is 4.40 Å². The van der Waals surface area contributed by atoms with Crippen LogP contribution in [0.2, 0.25) is 0 Å². The summed E-state index contributed by atoms with van der Waals surface area (Å²) in [6, 6.07) is 47.9. The standard InChI is InChI=1S/C34H22BrN/c35-26-20-21-29-30(22-26)36-33(25-16-8-3-9-17-25)31(23-12-4-1-5-13-23)27-18-10-11-19-28(27)34(36)32(29)24-14-6-2-7-15-24/h1-22H. The Bertz CT molecular complexity index is 1870. The molecule has 0 bridgehead atoms. The summed E-state index contributed by atoms with van der Waals surface area (Å²) in [7, 11) is 0. The summed E-state index contributed by atoms with van der Waals surface area (Å²) in [6.45, 7) is 0. The van der Waals surface area contributed by atoms with Crippen molar-refractivity contribution in [3.05, 3.63) is 138 Å². The van der Waals surface area contributed by atoms with E-state index in [0.29, 0.717) is 0 Å². The van der Waals surface area contributed by atoms with Crippen LogP contribution in [0.1, 0.15) is 0 Å². The van der Waals surface area contributed by atoms with Crippen molar-refractivity contribution in [3.63, 3.8) is 0 Å². The zero-order chi connectivity index (χ0) is 24.1. The lowest BCUT2D eigenvalue weighted by Crippen LogP contribution is -1.98. The van der Waals surface area contributed by atoms with Gasteiger partial charge in [-0.05, 0) is 34.2 Å². The van der Waals surface area contributed by atoms with Crippen LogP contribution in [0.4, 0.5) is 0 Å². The maximum absolute atomic E-state index is 3.76. The highest BCUT2D eigenvalue weighted by Gasteiger charge is 2.23. The normalized spacial score (nSPS) is 11.5. The molecule has 170 valence electrons. The molecule has 0 atom stereocenters. The van der Waals surface area contributed by atoms with Gasteiger partial charge in [-0.3, -0.25) is 0 Å². The Morgan fingerprint density at radius 3 is 1.61 bits per heavy atom. The number of aromatic nitrogens is 1. The van der Waals surface area contributed by atoms with E-state index in [0.717, 1.165) is 4.47 Å². The monoisotopic (exact) mass is 523 g/mol. The molecular weight excluding hydrogens is 502 g/mol. The SMILES string of the molecule is Brc1ccc2c(-c3ccccc3)c3c4ccccc4c(-c4ccccc4)c(-c4ccccc4)n3c2c1. The molecule has 0 aliphatic carbocycles. The molecule has 0 spiro atoms. The van der Waals surface area contributed by atoms with Gasteiger partial charge in [0.25, 0.3) is 0 Å². The maximum Gasteiger partial charge on any atom is 0.0626 e. The van der Waals surface area contributed by atoms with E-state index < -0.39 is 0 Å². The molecule has 7 aromatic rings. The van der Waals surface area contributed by atoms with Gasteiger partial charge in [0.1, 0.15) is 0 Å². The van der Waals surface area contributed by atoms with E-state index in [2.05, 4.69) is 154 Å². The zero-order valence-electron chi connectivity index (χ0n) is 19.5. The van der Waals surface area contributed by atoms with Gasteiger partial charge in [0.2, 0.25) is 0 Å². The zero-order valence-corrected chi connectivity index (χ0v) is 21.1. The largest absolute Gasteiger partial charge is 0.307 e. The number of halogens is 1. The molecule has 0 saturated heterocycles. The molecule has 2 heterocycles. The van der Waals surface area contributed by atoms with E-state index >= 15 is 0 Å². The molecule has 36 heavy (non-hydrogen) atoms. The van der Waals surface area contributed by atoms with Crippen molar-refractivity contribution in [1.82, 2.24) is 4.40 Å². The third kappa shape index (κ3) is 3.22. The lowest BCUT2D eigenvalue weighted by molar-refractivity contribution is 1.27. The summed E-state index contributed by atoms with van der Waals surface area (Å²) < 4.78 is 3.56. The number of benzene rings is 5. The Balaban J connectivity index is 1.83. The maximum atomic E-state index is 3.76. The molecule has 0 aliphatic heterocycles. The first-order chi connectivity index (χ1) is 17.8. The van der Waals surface area contributed by atoms with Crippen molar-refractivity contribution in [2.45, 2.75) is 0 Å². The van der Waals surface area contributed by atoms with Crippen molar-refractivity contribution in [1.29, 1.82) is 0 Å². The van der Waals surface area contributed by atoms with E-state index in [-0.39, 0.29) is 0 Å². The smallest absolute Gasteiger partial charge is 0.0626 e. The van der Waals surface area contributed by atoms with E-state index in [4.69, 9.17) is 0 Å². The minimum absolute atomic E-state index is 1.07. The van der Waals surface area contributed by atoms with Crippen LogP contribution in [0, 0.1) is 0 Å². The van der Waals surface area contributed by atoms with Gasteiger partial charge in [-0.1, -0.05) is 137 Å². The Morgan fingerprint density at radius 2 is 0.972 bits per heavy atom. The molecule has 7 rings (SSSR count). The number of pyridine rings is 1. The molecular formula is C34H22BrN. The minimum Gasteiger partial charge on any atom is -0.307 e. The molecule has 0 amide bonds. The second-order valence-corrected chi connectivity index (χ2v) is 10.0. The molecule has 0 unspecified atom stereocenters. The van der Waals surface area contributed by atoms with E-state index in [9.17, 15) is 0 Å². The summed E-state index contributed by atoms with van der Waals surface area (Å²) in [6.07, 6.45) is 0. The van der Waals surface area contributed by atoms with Crippen LogP contribution < -0.4 is 0 Å². The number of hydrogen-bond acceptors (Lipinski definition) is 0. The summed E-state index contributed by atoms with van der Waals surface area (Å²) in [5.74, 6) is 0. The first kappa shape index (κ1) is 21.2. The molecule has 0 fully saturated rings. The minimum atomic E-state index is 1.07. The van der Waals surface area contributed by atoms with Crippen LogP contribution in [0.3, 0.4) is 0 Å². The Kier molecular flexibility index (Phi) is 5.00. The van der Waals surface area contributed by atoms with E-state index in [1.165, 1.54) is 60.7 Å². The van der Waals surface area contributed by atoms with Gasteiger partial charge in [0.05, 0.1) is 16.7 Å². The van der Waals surface area contributed by atoms with Crippen molar-refractivity contribution in [2.24, 2.45) is 0 Å². The van der Waals surface area contributed by atoms with Crippen molar-refractivity contribution in [3.8, 4) is 33.5 Å². The van der Waals surface area contributed by atoms with E-state index in [1.807, 2.05) is 0 Å². The molecule has 0 aliphatic rings. The molecule has 0 saturated carbocycles. The Labute approximate surface area is 218 Å². The molecule has 2 aromatic heterocycles. The van der Waals surface area contributed by atoms with Crippen molar-refractivity contribution >= 4 is 43.1 Å². The van der Waals surface area contributed by atoms with Crippen LogP contribution in [0.15, 0.2) is 138 Å². The van der Waals surface area contributed by atoms with Crippen molar-refractivity contribution < 1.29 is 0 Å². The second kappa shape index (κ2) is 8.51. The van der Waals surface area contributed by atoms with Crippen molar-refractivity contribution in [2.75, 3.05) is 0 Å². The highest BCUT2D eigenvalue weighted by atomic mass is 79.9. The van der Waals surface area contributed by atoms with Crippen LogP contribution >= 0.6 is 15.9 Å². The summed E-state index contributed by atoms with van der Waals surface area (Å²) in [5, 5.41) is 3.76. The van der Waals surface area contributed by atoms with E-state index in [1.54, 1.807) is 0 Å². The van der Waals surface area contributed by atoms with Gasteiger partial charge in [-0.25, -0.2) is 0 Å². The third-order valence-electron chi connectivity index (χ3n) is 7.01. The van der Waals surface area contributed by atoms with Gasteiger partial charge in [-0.15, -0.1) is 0 Å². The molecule has 0 N–H and O–H groups in total. The number of hydrogen-bond donors (Lipinski definition) is 0. The molecule has 2 heteroatoms. The van der Waals surface area contributed by atoms with Gasteiger partial charge >= 0.3 is 0 Å². The number of rotatable bonds is 3. The highest BCUT2D eigenvalue weighted by Crippen LogP contribution is 2.47. The molecule has 0 radical (unpaired) electrons. The fourth-order valence-corrected chi connectivity index (χ4v) is 5.91. The highest BCUT2D eigenvalue weighted by molar-refractivity contribution is 9.10. The average molecular weight is 524 g/mol. The summed E-state index contributed by atoms with van der Waals surface area (Å²) in [4.78, 5) is 0. The van der Waals surface area contributed by atoms with Crippen LogP contribution in [0.25, 0.3) is 60.7 Å². The van der Waals surface area contributed by atoms with Gasteiger partial charge in [-0.2, -0.15) is 0 Å². The topological polar surface area (TPSA) is 4.41 Å². The van der Waals surface area contributed by atoms with Gasteiger partial charge in [0, 0.05) is 26.4 Å². The average Bonchev–Trinajstić information content (AvgIpc) is 3.28. The first-order valence-electron chi connectivity index (χ1n) is 12.2. The van der Waals surface area contributed by atoms with Crippen LogP contribution in [-0.2, 0) is 0 Å². The Morgan fingerprint density at radius 1 is 0.444 bits per heavy atom. The number of nitrogens with zero attached hydrogens (tertiary/aromatic N) is 1. The van der Waals surface area contributed by atoms with Crippen LogP contribution in [-0.4, -0.2) is 4.40 Å². The summed E-state index contributed by atoms with van der Waals surface area (Å²) in [5.41, 5.74) is 9.80. The quantitative estimate of drug-likeness (QED) is 0.217. The van der Waals surface area contributed by atoms with Crippen LogP contribution in [0.5, 0.6) is 0 Å². The molecule has 1 nitrogen and oxygen atoms in total.